The Bertz CT molecular complexity index is 400. The molecule has 0 spiro atoms. The fraction of sp³-hybridized carbons (Fsp3) is 0.417. The molecule has 0 aliphatic rings. The number of ether oxygens (including phenoxy) is 3. The molecule has 1 aromatic rings. The largest absolute Gasteiger partial charge is 0.493 e. The first-order chi connectivity index (χ1) is 8.17. The minimum atomic E-state index is -0.454. The van der Waals surface area contributed by atoms with Gasteiger partial charge < -0.3 is 19.3 Å². The molecule has 1 N–H and O–H groups in total. The molecule has 0 unspecified atom stereocenters. The summed E-state index contributed by atoms with van der Waals surface area (Å²) in [5, 5.41) is 8.98. The van der Waals surface area contributed by atoms with E-state index >= 15 is 0 Å². The number of aliphatic hydroxyl groups is 1. The predicted octanol–water partition coefficient (Wildman–Crippen LogP) is 1.03. The quantitative estimate of drug-likeness (QED) is 0.778. The maximum atomic E-state index is 11.5. The average molecular weight is 240 g/mol. The van der Waals surface area contributed by atoms with Gasteiger partial charge in [0.1, 0.15) is 0 Å². The fourth-order valence-corrected chi connectivity index (χ4v) is 1.59. The number of methoxy groups -OCH3 is 3. The molecule has 0 fully saturated rings. The minimum Gasteiger partial charge on any atom is -0.493 e. The standard InChI is InChI=1S/C12H16O5/c1-15-10-7-9(12(14)17-3)6-8(4-5-13)11(10)16-2/h6-7,13H,4-5H2,1-3H3. The molecule has 0 amide bonds. The van der Waals surface area contributed by atoms with Gasteiger partial charge >= 0.3 is 5.97 Å². The van der Waals surface area contributed by atoms with Gasteiger partial charge in [0.05, 0.1) is 26.9 Å². The number of carbonyl (C=O) groups excluding carboxylic acids is 1. The Balaban J connectivity index is 3.28. The highest BCUT2D eigenvalue weighted by Crippen LogP contribution is 2.33. The summed E-state index contributed by atoms with van der Waals surface area (Å²) in [5.41, 5.74) is 1.07. The van der Waals surface area contributed by atoms with Crippen molar-refractivity contribution < 1.29 is 24.1 Å². The van der Waals surface area contributed by atoms with E-state index in [1.54, 1.807) is 12.1 Å². The topological polar surface area (TPSA) is 65.0 Å². The second-order valence-corrected chi connectivity index (χ2v) is 3.34. The van der Waals surface area contributed by atoms with Gasteiger partial charge in [-0.05, 0) is 18.6 Å². The molecular formula is C12H16O5. The highest BCUT2D eigenvalue weighted by atomic mass is 16.5. The third-order valence-corrected chi connectivity index (χ3v) is 2.36. The Hall–Kier alpha value is -1.75. The van der Waals surface area contributed by atoms with Crippen LogP contribution in [0.1, 0.15) is 15.9 Å². The van der Waals surface area contributed by atoms with Crippen molar-refractivity contribution >= 4 is 5.97 Å². The number of benzene rings is 1. The van der Waals surface area contributed by atoms with Crippen LogP contribution in [0.2, 0.25) is 0 Å². The number of rotatable bonds is 5. The van der Waals surface area contributed by atoms with Gasteiger partial charge in [0.25, 0.3) is 0 Å². The number of carbonyl (C=O) groups is 1. The van der Waals surface area contributed by atoms with Crippen molar-refractivity contribution in [1.29, 1.82) is 0 Å². The first kappa shape index (κ1) is 13.3. The molecule has 0 heterocycles. The smallest absolute Gasteiger partial charge is 0.337 e. The summed E-state index contributed by atoms with van der Waals surface area (Å²) >= 11 is 0. The third kappa shape index (κ3) is 2.88. The van der Waals surface area contributed by atoms with Gasteiger partial charge in [-0.15, -0.1) is 0 Å². The first-order valence-electron chi connectivity index (χ1n) is 5.12. The van der Waals surface area contributed by atoms with Gasteiger partial charge in [-0.25, -0.2) is 4.79 Å². The van der Waals surface area contributed by atoms with Crippen LogP contribution in [0.5, 0.6) is 11.5 Å². The van der Waals surface area contributed by atoms with E-state index in [1.165, 1.54) is 21.3 Å². The number of hydrogen-bond donors (Lipinski definition) is 1. The molecule has 0 atom stereocenters. The zero-order chi connectivity index (χ0) is 12.8. The van der Waals surface area contributed by atoms with Crippen LogP contribution >= 0.6 is 0 Å². The van der Waals surface area contributed by atoms with Crippen molar-refractivity contribution in [2.45, 2.75) is 6.42 Å². The SMILES string of the molecule is COC(=O)c1cc(CCO)c(OC)c(OC)c1. The van der Waals surface area contributed by atoms with E-state index in [0.717, 1.165) is 0 Å². The number of hydrogen-bond acceptors (Lipinski definition) is 5. The summed E-state index contributed by atoms with van der Waals surface area (Å²) < 4.78 is 15.0. The molecule has 94 valence electrons. The molecule has 0 bridgehead atoms. The predicted molar refractivity (Wildman–Crippen MR) is 61.7 cm³/mol. The van der Waals surface area contributed by atoms with E-state index in [9.17, 15) is 4.79 Å². The normalized spacial score (nSPS) is 9.88. The molecule has 0 aliphatic heterocycles. The van der Waals surface area contributed by atoms with Crippen LogP contribution in [0, 0.1) is 0 Å². The Labute approximate surface area is 99.9 Å². The Morgan fingerprint density at radius 1 is 1.24 bits per heavy atom. The summed E-state index contributed by atoms with van der Waals surface area (Å²) in [4.78, 5) is 11.5. The van der Waals surface area contributed by atoms with Crippen LogP contribution in [-0.2, 0) is 11.2 Å². The van der Waals surface area contributed by atoms with Crippen molar-refractivity contribution in [3.63, 3.8) is 0 Å². The lowest BCUT2D eigenvalue weighted by Crippen LogP contribution is -2.06. The van der Waals surface area contributed by atoms with Crippen LogP contribution in [-0.4, -0.2) is 39.0 Å². The molecule has 5 nitrogen and oxygen atoms in total. The lowest BCUT2D eigenvalue weighted by atomic mass is 10.1. The van der Waals surface area contributed by atoms with Crippen molar-refractivity contribution in [2.75, 3.05) is 27.9 Å². The first-order valence-corrected chi connectivity index (χ1v) is 5.12. The van der Waals surface area contributed by atoms with Crippen molar-refractivity contribution in [1.82, 2.24) is 0 Å². The van der Waals surface area contributed by atoms with Crippen LogP contribution < -0.4 is 9.47 Å². The molecule has 5 heteroatoms. The average Bonchev–Trinajstić information content (AvgIpc) is 2.37. The second-order valence-electron chi connectivity index (χ2n) is 3.34. The maximum absolute atomic E-state index is 11.5. The molecule has 17 heavy (non-hydrogen) atoms. The molecule has 0 aliphatic carbocycles. The summed E-state index contributed by atoms with van der Waals surface area (Å²) in [6, 6.07) is 3.18. The second kappa shape index (κ2) is 6.10. The van der Waals surface area contributed by atoms with E-state index in [-0.39, 0.29) is 6.61 Å². The van der Waals surface area contributed by atoms with E-state index < -0.39 is 5.97 Å². The summed E-state index contributed by atoms with van der Waals surface area (Å²) in [5.74, 6) is 0.512. The van der Waals surface area contributed by atoms with Crippen LogP contribution in [0.3, 0.4) is 0 Å². The molecule has 0 saturated heterocycles. The van der Waals surface area contributed by atoms with Gasteiger partial charge in [0.15, 0.2) is 11.5 Å². The van der Waals surface area contributed by atoms with Crippen LogP contribution in [0.4, 0.5) is 0 Å². The van der Waals surface area contributed by atoms with Crippen molar-refractivity contribution in [2.24, 2.45) is 0 Å². The van der Waals surface area contributed by atoms with Gasteiger partial charge in [-0.1, -0.05) is 0 Å². The highest BCUT2D eigenvalue weighted by molar-refractivity contribution is 5.90. The van der Waals surface area contributed by atoms with E-state index in [1.807, 2.05) is 0 Å². The lowest BCUT2D eigenvalue weighted by molar-refractivity contribution is 0.0600. The summed E-state index contributed by atoms with van der Waals surface area (Å²) in [6.45, 7) is -0.0376. The van der Waals surface area contributed by atoms with E-state index in [2.05, 4.69) is 4.74 Å². The maximum Gasteiger partial charge on any atom is 0.337 e. The van der Waals surface area contributed by atoms with Gasteiger partial charge in [0.2, 0.25) is 0 Å². The molecular weight excluding hydrogens is 224 g/mol. The third-order valence-electron chi connectivity index (χ3n) is 2.36. The zero-order valence-electron chi connectivity index (χ0n) is 10.1. The molecule has 1 rings (SSSR count). The minimum absolute atomic E-state index is 0.0376. The van der Waals surface area contributed by atoms with Gasteiger partial charge in [-0.2, -0.15) is 0 Å². The molecule has 1 aromatic carbocycles. The monoisotopic (exact) mass is 240 g/mol. The molecule has 0 saturated carbocycles. The Morgan fingerprint density at radius 3 is 2.41 bits per heavy atom. The van der Waals surface area contributed by atoms with Gasteiger partial charge in [0, 0.05) is 12.2 Å². The van der Waals surface area contributed by atoms with Gasteiger partial charge in [-0.3, -0.25) is 0 Å². The summed E-state index contributed by atoms with van der Waals surface area (Å²) in [6.07, 6.45) is 0.379. The zero-order valence-corrected chi connectivity index (χ0v) is 10.1. The van der Waals surface area contributed by atoms with Crippen molar-refractivity contribution in [3.8, 4) is 11.5 Å². The Kier molecular flexibility index (Phi) is 4.78. The van der Waals surface area contributed by atoms with E-state index in [4.69, 9.17) is 14.6 Å². The number of esters is 1. The summed E-state index contributed by atoms with van der Waals surface area (Å²) in [7, 11) is 4.31. The van der Waals surface area contributed by atoms with Crippen molar-refractivity contribution in [3.05, 3.63) is 23.3 Å². The Morgan fingerprint density at radius 2 is 1.94 bits per heavy atom. The highest BCUT2D eigenvalue weighted by Gasteiger charge is 2.16. The molecule has 0 radical (unpaired) electrons. The fourth-order valence-electron chi connectivity index (χ4n) is 1.59. The van der Waals surface area contributed by atoms with E-state index in [0.29, 0.717) is 29.0 Å². The van der Waals surface area contributed by atoms with Crippen LogP contribution in [0.25, 0.3) is 0 Å². The molecule has 0 aromatic heterocycles. The van der Waals surface area contributed by atoms with Crippen LogP contribution in [0.15, 0.2) is 12.1 Å². The number of aliphatic hydroxyl groups excluding tert-OH is 1. The lowest BCUT2D eigenvalue weighted by Gasteiger charge is -2.13.